The molecule has 0 saturated heterocycles. The van der Waals surface area contributed by atoms with Crippen LogP contribution in [-0.2, 0) is 0 Å². The van der Waals surface area contributed by atoms with Crippen LogP contribution in [0.1, 0.15) is 62.5 Å². The van der Waals surface area contributed by atoms with Gasteiger partial charge in [-0.25, -0.2) is 0 Å². The third-order valence-electron chi connectivity index (χ3n) is 6.00. The fraction of sp³-hybridized carbons (Fsp3) is 0.455. The Morgan fingerprint density at radius 3 is 2.55 bits per heavy atom. The van der Waals surface area contributed by atoms with Gasteiger partial charge in [-0.3, -0.25) is 0 Å². The zero-order valence-electron chi connectivity index (χ0n) is 13.6. The predicted molar refractivity (Wildman–Crippen MR) is 94.7 cm³/mol. The molecule has 2 unspecified atom stereocenters. The molecule has 2 atom stereocenters. The van der Waals surface area contributed by atoms with Gasteiger partial charge in [0, 0.05) is 5.92 Å². The first-order chi connectivity index (χ1) is 10.8. The summed E-state index contributed by atoms with van der Waals surface area (Å²) in [5.41, 5.74) is 6.24. The van der Waals surface area contributed by atoms with Crippen LogP contribution >= 0.6 is 0 Å². The van der Waals surface area contributed by atoms with E-state index in [1.54, 1.807) is 11.1 Å². The Kier molecular flexibility index (Phi) is 3.78. The fourth-order valence-corrected chi connectivity index (χ4v) is 4.89. The van der Waals surface area contributed by atoms with Gasteiger partial charge in [0.05, 0.1) is 0 Å². The van der Waals surface area contributed by atoms with E-state index in [0.717, 1.165) is 12.3 Å². The van der Waals surface area contributed by atoms with Crippen LogP contribution in [0.5, 0.6) is 0 Å². The van der Waals surface area contributed by atoms with Gasteiger partial charge in [-0.05, 0) is 49.1 Å². The highest BCUT2D eigenvalue weighted by Crippen LogP contribution is 2.49. The first-order valence-corrected chi connectivity index (χ1v) is 8.98. The van der Waals surface area contributed by atoms with E-state index < -0.39 is 0 Å². The number of fused-ring (bicyclic) bond motifs is 1. The van der Waals surface area contributed by atoms with Crippen molar-refractivity contribution in [3.05, 3.63) is 64.8 Å². The molecule has 3 aliphatic rings. The molecule has 1 saturated carbocycles. The minimum atomic E-state index is 0.619. The van der Waals surface area contributed by atoms with Crippen molar-refractivity contribution in [3.8, 4) is 0 Å². The van der Waals surface area contributed by atoms with E-state index in [1.165, 1.54) is 43.2 Å². The molecule has 0 N–H and O–H groups in total. The lowest BCUT2D eigenvalue weighted by Gasteiger charge is -2.39. The largest absolute Gasteiger partial charge is 0.0802 e. The van der Waals surface area contributed by atoms with Gasteiger partial charge in [-0.15, -0.1) is 0 Å². The van der Waals surface area contributed by atoms with Crippen molar-refractivity contribution in [1.29, 1.82) is 0 Å². The molecule has 1 aromatic carbocycles. The van der Waals surface area contributed by atoms with E-state index in [1.807, 2.05) is 0 Å². The molecule has 1 fully saturated rings. The molecule has 0 amide bonds. The van der Waals surface area contributed by atoms with Crippen molar-refractivity contribution < 1.29 is 0 Å². The second-order valence-electron chi connectivity index (χ2n) is 7.25. The van der Waals surface area contributed by atoms with Crippen LogP contribution in [0.2, 0.25) is 0 Å². The van der Waals surface area contributed by atoms with Gasteiger partial charge in [0.15, 0.2) is 0 Å². The third kappa shape index (κ3) is 2.39. The SMILES string of the molecule is CC1=C(C2C=Cc3ccccc3C2C2CCCCC2)CC=C1. The first kappa shape index (κ1) is 14.1. The number of allylic oxidation sites excluding steroid dienone is 5. The maximum Gasteiger partial charge on any atom is 0.00605 e. The maximum atomic E-state index is 2.51. The summed E-state index contributed by atoms with van der Waals surface area (Å²) in [4.78, 5) is 0. The molecular formula is C22H26. The number of rotatable bonds is 2. The number of benzene rings is 1. The molecule has 0 aromatic heterocycles. The van der Waals surface area contributed by atoms with E-state index >= 15 is 0 Å². The average Bonchev–Trinajstić information content (AvgIpc) is 3.00. The molecule has 3 aliphatic carbocycles. The molecule has 0 aliphatic heterocycles. The molecule has 22 heavy (non-hydrogen) atoms. The highest BCUT2D eigenvalue weighted by atomic mass is 14.4. The number of hydrogen-bond donors (Lipinski definition) is 0. The Labute approximate surface area is 134 Å². The Balaban J connectivity index is 1.76. The Bertz CT molecular complexity index is 638. The smallest absolute Gasteiger partial charge is 0.00605 e. The van der Waals surface area contributed by atoms with Gasteiger partial charge in [0.25, 0.3) is 0 Å². The lowest BCUT2D eigenvalue weighted by Crippen LogP contribution is -2.26. The summed E-state index contributed by atoms with van der Waals surface area (Å²) >= 11 is 0. The van der Waals surface area contributed by atoms with Gasteiger partial charge in [0.2, 0.25) is 0 Å². The van der Waals surface area contributed by atoms with Crippen LogP contribution < -0.4 is 0 Å². The van der Waals surface area contributed by atoms with Crippen molar-refractivity contribution in [2.45, 2.75) is 51.4 Å². The Morgan fingerprint density at radius 1 is 0.955 bits per heavy atom. The normalized spacial score (nSPS) is 28.2. The van der Waals surface area contributed by atoms with E-state index in [9.17, 15) is 0 Å². The highest BCUT2D eigenvalue weighted by molar-refractivity contribution is 5.60. The second kappa shape index (κ2) is 5.91. The van der Waals surface area contributed by atoms with Gasteiger partial charge in [-0.1, -0.05) is 79.0 Å². The first-order valence-electron chi connectivity index (χ1n) is 8.98. The second-order valence-corrected chi connectivity index (χ2v) is 7.25. The van der Waals surface area contributed by atoms with Crippen molar-refractivity contribution in [2.75, 3.05) is 0 Å². The summed E-state index contributed by atoms with van der Waals surface area (Å²) in [5.74, 6) is 2.19. The molecule has 0 bridgehead atoms. The molecule has 0 nitrogen and oxygen atoms in total. The molecular weight excluding hydrogens is 264 g/mol. The van der Waals surface area contributed by atoms with E-state index in [-0.39, 0.29) is 0 Å². The summed E-state index contributed by atoms with van der Waals surface area (Å²) in [6.45, 7) is 2.30. The van der Waals surface area contributed by atoms with Crippen LogP contribution in [0.15, 0.2) is 53.6 Å². The van der Waals surface area contributed by atoms with E-state index in [0.29, 0.717) is 11.8 Å². The molecule has 0 heterocycles. The molecule has 1 aromatic rings. The maximum absolute atomic E-state index is 2.51. The van der Waals surface area contributed by atoms with Gasteiger partial charge < -0.3 is 0 Å². The van der Waals surface area contributed by atoms with E-state index in [2.05, 4.69) is 55.5 Å². The summed E-state index contributed by atoms with van der Waals surface area (Å²) in [7, 11) is 0. The van der Waals surface area contributed by atoms with Gasteiger partial charge >= 0.3 is 0 Å². The van der Waals surface area contributed by atoms with Gasteiger partial charge in [-0.2, -0.15) is 0 Å². The minimum absolute atomic E-state index is 0.619. The Hall–Kier alpha value is -1.56. The fourth-order valence-electron chi connectivity index (χ4n) is 4.89. The summed E-state index contributed by atoms with van der Waals surface area (Å²) in [6, 6.07) is 9.11. The molecule has 114 valence electrons. The van der Waals surface area contributed by atoms with Crippen LogP contribution in [0, 0.1) is 11.8 Å². The predicted octanol–water partition coefficient (Wildman–Crippen LogP) is 6.27. The average molecular weight is 290 g/mol. The van der Waals surface area contributed by atoms with Crippen LogP contribution in [0.4, 0.5) is 0 Å². The van der Waals surface area contributed by atoms with Crippen LogP contribution in [0.3, 0.4) is 0 Å². The summed E-state index contributed by atoms with van der Waals surface area (Å²) in [6.07, 6.45) is 17.8. The number of hydrogen-bond acceptors (Lipinski definition) is 0. The van der Waals surface area contributed by atoms with Crippen LogP contribution in [-0.4, -0.2) is 0 Å². The summed E-state index contributed by atoms with van der Waals surface area (Å²) < 4.78 is 0. The van der Waals surface area contributed by atoms with Crippen molar-refractivity contribution >= 4 is 6.08 Å². The van der Waals surface area contributed by atoms with Gasteiger partial charge in [0.1, 0.15) is 0 Å². The highest BCUT2D eigenvalue weighted by Gasteiger charge is 2.35. The van der Waals surface area contributed by atoms with Crippen LogP contribution in [0.25, 0.3) is 6.08 Å². The minimum Gasteiger partial charge on any atom is -0.0802 e. The molecule has 0 radical (unpaired) electrons. The lowest BCUT2D eigenvalue weighted by molar-refractivity contribution is 0.276. The topological polar surface area (TPSA) is 0 Å². The van der Waals surface area contributed by atoms with E-state index in [4.69, 9.17) is 0 Å². The summed E-state index contributed by atoms with van der Waals surface area (Å²) in [5, 5.41) is 0. The zero-order valence-corrected chi connectivity index (χ0v) is 13.6. The lowest BCUT2D eigenvalue weighted by atomic mass is 9.65. The van der Waals surface area contributed by atoms with Crippen molar-refractivity contribution in [2.24, 2.45) is 11.8 Å². The monoisotopic (exact) mass is 290 g/mol. The van der Waals surface area contributed by atoms with Crippen molar-refractivity contribution in [3.63, 3.8) is 0 Å². The van der Waals surface area contributed by atoms with Crippen molar-refractivity contribution in [1.82, 2.24) is 0 Å². The molecule has 0 heteroatoms. The Morgan fingerprint density at radius 2 is 1.77 bits per heavy atom. The molecule has 0 spiro atoms. The third-order valence-corrected chi connectivity index (χ3v) is 6.00. The quantitative estimate of drug-likeness (QED) is 0.602. The standard InChI is InChI=1S/C22H26/c1-16-8-7-13-19(16)21-15-14-17-9-5-6-12-20(17)22(21)18-10-3-2-4-11-18/h5-9,12,14-15,18,21-22H,2-4,10-11,13H2,1H3. The zero-order chi connectivity index (χ0) is 14.9. The molecule has 4 rings (SSSR count).